The molecule has 2 aromatic carbocycles. The number of carbonyl (C=O) groups excluding carboxylic acids is 3. The van der Waals surface area contributed by atoms with Crippen LogP contribution in [0.4, 0.5) is 4.79 Å². The molecule has 0 saturated carbocycles. The lowest BCUT2D eigenvalue weighted by atomic mass is 9.92. The summed E-state index contributed by atoms with van der Waals surface area (Å²) in [6.07, 6.45) is 1.000. The van der Waals surface area contributed by atoms with Crippen molar-refractivity contribution in [3.63, 3.8) is 0 Å². The highest BCUT2D eigenvalue weighted by Crippen LogP contribution is 2.29. The average molecular weight is 442 g/mol. The second kappa shape index (κ2) is 9.10. The number of benzene rings is 2. The van der Waals surface area contributed by atoms with E-state index in [2.05, 4.69) is 36.6 Å². The fourth-order valence-electron chi connectivity index (χ4n) is 3.75. The molecule has 31 heavy (non-hydrogen) atoms. The van der Waals surface area contributed by atoms with Crippen molar-refractivity contribution in [3.05, 3.63) is 70.2 Å². The third-order valence-electron chi connectivity index (χ3n) is 5.50. The molecule has 2 atom stereocenters. The predicted octanol–water partition coefficient (Wildman–Crippen LogP) is 4.18. The summed E-state index contributed by atoms with van der Waals surface area (Å²) in [6, 6.07) is 14.0. The lowest BCUT2D eigenvalue weighted by Gasteiger charge is -2.22. The molecule has 1 aliphatic rings. The lowest BCUT2D eigenvalue weighted by molar-refractivity contribution is -0.135. The van der Waals surface area contributed by atoms with Crippen LogP contribution in [-0.2, 0) is 21.5 Å². The van der Waals surface area contributed by atoms with Crippen molar-refractivity contribution >= 4 is 29.4 Å². The van der Waals surface area contributed by atoms with Crippen LogP contribution in [0.2, 0.25) is 5.02 Å². The van der Waals surface area contributed by atoms with Crippen LogP contribution in [0.25, 0.3) is 0 Å². The fourth-order valence-corrected chi connectivity index (χ4v) is 3.87. The van der Waals surface area contributed by atoms with Crippen LogP contribution in [-0.4, -0.2) is 29.3 Å². The van der Waals surface area contributed by atoms with E-state index >= 15 is 0 Å². The van der Waals surface area contributed by atoms with Crippen LogP contribution >= 0.6 is 11.6 Å². The van der Waals surface area contributed by atoms with Gasteiger partial charge in [0.1, 0.15) is 12.1 Å². The van der Waals surface area contributed by atoms with E-state index in [1.807, 2.05) is 19.1 Å². The van der Waals surface area contributed by atoms with Crippen molar-refractivity contribution in [2.24, 2.45) is 5.92 Å². The van der Waals surface area contributed by atoms with Gasteiger partial charge in [0.15, 0.2) is 0 Å². The third kappa shape index (κ3) is 5.07. The highest BCUT2D eigenvalue weighted by molar-refractivity contribution is 6.30. The number of imide groups is 1. The van der Waals surface area contributed by atoms with Crippen LogP contribution in [0, 0.1) is 5.92 Å². The zero-order valence-corrected chi connectivity index (χ0v) is 19.0. The van der Waals surface area contributed by atoms with E-state index in [4.69, 9.17) is 11.6 Å². The summed E-state index contributed by atoms with van der Waals surface area (Å²) in [5.74, 6) is -0.297. The molecule has 0 radical (unpaired) electrons. The Bertz CT molecular complexity index is 973. The van der Waals surface area contributed by atoms with Crippen LogP contribution in [0.1, 0.15) is 50.4 Å². The summed E-state index contributed by atoms with van der Waals surface area (Å²) in [5, 5.41) is 6.09. The van der Waals surface area contributed by atoms with E-state index in [9.17, 15) is 14.4 Å². The summed E-state index contributed by atoms with van der Waals surface area (Å²) in [4.78, 5) is 38.9. The smallest absolute Gasteiger partial charge is 0.325 e. The molecule has 3 rings (SSSR count). The molecule has 6 nitrogen and oxygen atoms in total. The number of urea groups is 1. The Morgan fingerprint density at radius 1 is 1.06 bits per heavy atom. The van der Waals surface area contributed by atoms with Gasteiger partial charge in [0.25, 0.3) is 5.91 Å². The number of hydrogen-bond donors (Lipinski definition) is 2. The van der Waals surface area contributed by atoms with Crippen LogP contribution in [0.5, 0.6) is 0 Å². The van der Waals surface area contributed by atoms with Crippen LogP contribution in [0.3, 0.4) is 0 Å². The second-order valence-electron chi connectivity index (χ2n) is 8.58. The predicted molar refractivity (Wildman–Crippen MR) is 121 cm³/mol. The molecule has 4 amide bonds. The number of rotatable bonds is 7. The lowest BCUT2D eigenvalue weighted by Crippen LogP contribution is -2.43. The second-order valence-corrected chi connectivity index (χ2v) is 9.02. The summed E-state index contributed by atoms with van der Waals surface area (Å²) in [6.45, 7) is 7.49. The Morgan fingerprint density at radius 2 is 1.68 bits per heavy atom. The minimum absolute atomic E-state index is 0.246. The maximum absolute atomic E-state index is 13.0. The topological polar surface area (TPSA) is 78.5 Å². The first-order valence-electron chi connectivity index (χ1n) is 10.4. The van der Waals surface area contributed by atoms with Gasteiger partial charge in [0.05, 0.1) is 6.04 Å². The Kier molecular flexibility index (Phi) is 6.70. The van der Waals surface area contributed by atoms with Gasteiger partial charge in [-0.15, -0.1) is 0 Å². The molecule has 2 aromatic rings. The first-order chi connectivity index (χ1) is 14.6. The van der Waals surface area contributed by atoms with Crippen molar-refractivity contribution < 1.29 is 14.4 Å². The Morgan fingerprint density at radius 3 is 2.26 bits per heavy atom. The summed E-state index contributed by atoms with van der Waals surface area (Å²) >= 11 is 5.92. The molecule has 0 bridgehead atoms. The molecule has 0 spiro atoms. The molecule has 7 heteroatoms. The highest BCUT2D eigenvalue weighted by atomic mass is 35.5. The van der Waals surface area contributed by atoms with E-state index in [1.54, 1.807) is 31.2 Å². The molecular weight excluding hydrogens is 414 g/mol. The summed E-state index contributed by atoms with van der Waals surface area (Å²) in [7, 11) is 0. The Balaban J connectivity index is 1.64. The number of halogens is 1. The van der Waals surface area contributed by atoms with Crippen molar-refractivity contribution in [3.8, 4) is 0 Å². The van der Waals surface area contributed by atoms with Gasteiger partial charge in [-0.1, -0.05) is 61.8 Å². The molecule has 2 N–H and O–H groups in total. The van der Waals surface area contributed by atoms with Gasteiger partial charge < -0.3 is 10.6 Å². The molecule has 0 aliphatic carbocycles. The van der Waals surface area contributed by atoms with E-state index in [-0.39, 0.29) is 12.6 Å². The molecule has 164 valence electrons. The molecule has 2 unspecified atom stereocenters. The van der Waals surface area contributed by atoms with Gasteiger partial charge >= 0.3 is 6.03 Å². The van der Waals surface area contributed by atoms with Crippen LogP contribution in [0.15, 0.2) is 48.5 Å². The molecule has 0 aromatic heterocycles. The van der Waals surface area contributed by atoms with Crippen molar-refractivity contribution in [2.75, 3.05) is 6.54 Å². The monoisotopic (exact) mass is 441 g/mol. The largest absolute Gasteiger partial charge is 0.348 e. The first-order valence-corrected chi connectivity index (χ1v) is 10.8. The molecule has 1 heterocycles. The minimum Gasteiger partial charge on any atom is -0.348 e. The van der Waals surface area contributed by atoms with Gasteiger partial charge in [0.2, 0.25) is 5.91 Å². The van der Waals surface area contributed by atoms with E-state index < -0.39 is 23.4 Å². The number of nitrogens with zero attached hydrogens (tertiary/aromatic N) is 1. The normalized spacial score (nSPS) is 19.5. The maximum Gasteiger partial charge on any atom is 0.325 e. The van der Waals surface area contributed by atoms with Gasteiger partial charge in [-0.2, -0.15) is 0 Å². The van der Waals surface area contributed by atoms with E-state index in [0.717, 1.165) is 16.9 Å². The maximum atomic E-state index is 13.0. The van der Waals surface area contributed by atoms with Crippen molar-refractivity contribution in [2.45, 2.75) is 45.7 Å². The number of hydrogen-bond acceptors (Lipinski definition) is 3. The molecule has 1 fully saturated rings. The van der Waals surface area contributed by atoms with Gasteiger partial charge in [-0.25, -0.2) is 4.79 Å². The highest BCUT2D eigenvalue weighted by Gasteiger charge is 2.49. The van der Waals surface area contributed by atoms with Gasteiger partial charge in [-0.05, 0) is 55.0 Å². The zero-order chi connectivity index (χ0) is 22.8. The molecular formula is C24H28ClN3O3. The standard InChI is InChI=1S/C24H28ClN3O3/c1-15(2)13-17-5-7-18(8-6-17)16(3)26-21(29)14-28-22(30)24(4,27-23(28)31)19-9-11-20(25)12-10-19/h5-12,15-16H,13-14H2,1-4H3,(H,26,29)(H,27,31). The summed E-state index contributed by atoms with van der Waals surface area (Å²) in [5.41, 5.74) is 1.58. The van der Waals surface area contributed by atoms with Crippen LogP contribution < -0.4 is 10.6 Å². The number of nitrogens with one attached hydrogen (secondary N) is 2. The zero-order valence-electron chi connectivity index (χ0n) is 18.2. The number of carbonyl (C=O) groups is 3. The first kappa shape index (κ1) is 22.8. The molecule has 1 aliphatic heterocycles. The quantitative estimate of drug-likeness (QED) is 0.632. The van der Waals surface area contributed by atoms with Gasteiger partial charge in [0, 0.05) is 5.02 Å². The fraction of sp³-hybridized carbons (Fsp3) is 0.375. The SMILES string of the molecule is CC(C)Cc1ccc(C(C)NC(=O)CN2C(=O)NC(C)(c3ccc(Cl)cc3)C2=O)cc1. The van der Waals surface area contributed by atoms with E-state index in [0.29, 0.717) is 16.5 Å². The van der Waals surface area contributed by atoms with E-state index in [1.165, 1.54) is 5.56 Å². The van der Waals surface area contributed by atoms with Crippen molar-refractivity contribution in [1.82, 2.24) is 15.5 Å². The van der Waals surface area contributed by atoms with Crippen molar-refractivity contribution in [1.29, 1.82) is 0 Å². The number of amides is 4. The minimum atomic E-state index is -1.24. The van der Waals surface area contributed by atoms with Gasteiger partial charge in [-0.3, -0.25) is 14.5 Å². The Hall–Kier alpha value is -2.86. The average Bonchev–Trinajstić information content (AvgIpc) is 2.92. The third-order valence-corrected chi connectivity index (χ3v) is 5.75. The molecule has 1 saturated heterocycles. The Labute approximate surface area is 188 Å². The summed E-state index contributed by atoms with van der Waals surface area (Å²) < 4.78 is 0.